The summed E-state index contributed by atoms with van der Waals surface area (Å²) in [5.74, 6) is -0.402. The summed E-state index contributed by atoms with van der Waals surface area (Å²) in [4.78, 5) is 11.3. The van der Waals surface area contributed by atoms with Gasteiger partial charge in [-0.05, 0) is 24.2 Å². The van der Waals surface area contributed by atoms with E-state index in [0.717, 1.165) is 23.5 Å². The van der Waals surface area contributed by atoms with Gasteiger partial charge in [0.2, 0.25) is 5.91 Å². The summed E-state index contributed by atoms with van der Waals surface area (Å²) in [6, 6.07) is 0. The molecule has 0 heterocycles. The summed E-state index contributed by atoms with van der Waals surface area (Å²) in [5.41, 5.74) is 0. The molecule has 0 aromatic heterocycles. The smallest absolute Gasteiger partial charge is 0.238 e. The summed E-state index contributed by atoms with van der Waals surface area (Å²) < 4.78 is 23.0. The lowest BCUT2D eigenvalue weighted by atomic mass is 10.3. The SMILES string of the molecule is CC(C(=O)NCCCCI)S(C)(=O)=O. The Hall–Kier alpha value is 0.150. The molecule has 0 rings (SSSR count). The van der Waals surface area contributed by atoms with Crippen molar-refractivity contribution < 1.29 is 13.2 Å². The van der Waals surface area contributed by atoms with Crippen molar-refractivity contribution in [2.45, 2.75) is 25.0 Å². The molecule has 0 bridgehead atoms. The quantitative estimate of drug-likeness (QED) is 0.443. The molecule has 1 amide bonds. The molecule has 14 heavy (non-hydrogen) atoms. The number of alkyl halides is 1. The predicted octanol–water partition coefficient (Wildman–Crippen LogP) is 0.751. The molecule has 1 N–H and O–H groups in total. The van der Waals surface area contributed by atoms with Gasteiger partial charge in [-0.3, -0.25) is 4.79 Å². The van der Waals surface area contributed by atoms with Crippen LogP contribution in [0.4, 0.5) is 0 Å². The first-order valence-corrected chi connectivity index (χ1v) is 7.90. The van der Waals surface area contributed by atoms with Gasteiger partial charge in [0.1, 0.15) is 5.25 Å². The lowest BCUT2D eigenvalue weighted by molar-refractivity contribution is -0.120. The third kappa shape index (κ3) is 5.79. The van der Waals surface area contributed by atoms with E-state index in [-0.39, 0.29) is 0 Å². The molecular formula is C8H16INO3S. The zero-order valence-electron chi connectivity index (χ0n) is 8.42. The van der Waals surface area contributed by atoms with E-state index in [2.05, 4.69) is 27.9 Å². The molecule has 0 saturated heterocycles. The molecule has 0 radical (unpaired) electrons. The third-order valence-electron chi connectivity index (χ3n) is 1.87. The van der Waals surface area contributed by atoms with Gasteiger partial charge in [-0.2, -0.15) is 0 Å². The van der Waals surface area contributed by atoms with Crippen LogP contribution in [0.2, 0.25) is 0 Å². The highest BCUT2D eigenvalue weighted by atomic mass is 127. The number of hydrogen-bond acceptors (Lipinski definition) is 3. The molecule has 4 nitrogen and oxygen atoms in total. The van der Waals surface area contributed by atoms with Crippen molar-refractivity contribution in [3.8, 4) is 0 Å². The van der Waals surface area contributed by atoms with Crippen LogP contribution in [-0.4, -0.2) is 36.8 Å². The largest absolute Gasteiger partial charge is 0.355 e. The second-order valence-corrected chi connectivity index (χ2v) is 6.60. The molecule has 6 heteroatoms. The second-order valence-electron chi connectivity index (χ2n) is 3.16. The van der Waals surface area contributed by atoms with E-state index in [1.807, 2.05) is 0 Å². The van der Waals surface area contributed by atoms with Crippen LogP contribution in [0.1, 0.15) is 19.8 Å². The van der Waals surface area contributed by atoms with E-state index < -0.39 is 21.0 Å². The lowest BCUT2D eigenvalue weighted by Crippen LogP contribution is -2.37. The number of carbonyl (C=O) groups excluding carboxylic acids is 1. The van der Waals surface area contributed by atoms with Crippen LogP contribution in [0.25, 0.3) is 0 Å². The topological polar surface area (TPSA) is 63.2 Å². The number of unbranched alkanes of at least 4 members (excludes halogenated alkanes) is 1. The van der Waals surface area contributed by atoms with Crippen molar-refractivity contribution in [3.05, 3.63) is 0 Å². The average Bonchev–Trinajstić information content (AvgIpc) is 2.09. The predicted molar refractivity (Wildman–Crippen MR) is 65.4 cm³/mol. The van der Waals surface area contributed by atoms with Crippen LogP contribution in [0.5, 0.6) is 0 Å². The van der Waals surface area contributed by atoms with Crippen molar-refractivity contribution in [2.24, 2.45) is 0 Å². The van der Waals surface area contributed by atoms with E-state index in [4.69, 9.17) is 0 Å². The van der Waals surface area contributed by atoms with Crippen LogP contribution in [0.3, 0.4) is 0 Å². The minimum atomic E-state index is -3.26. The molecule has 1 atom stereocenters. The zero-order chi connectivity index (χ0) is 11.2. The maximum atomic E-state index is 11.3. The summed E-state index contributed by atoms with van der Waals surface area (Å²) in [7, 11) is -3.26. The Balaban J connectivity index is 3.86. The molecule has 0 aromatic rings. The van der Waals surface area contributed by atoms with Gasteiger partial charge >= 0.3 is 0 Å². The highest BCUT2D eigenvalue weighted by Crippen LogP contribution is 1.98. The third-order valence-corrected chi connectivity index (χ3v) is 4.13. The zero-order valence-corrected chi connectivity index (χ0v) is 11.4. The fourth-order valence-corrected chi connectivity index (χ4v) is 1.78. The fraction of sp³-hybridized carbons (Fsp3) is 0.875. The second kappa shape index (κ2) is 6.60. The number of sulfone groups is 1. The maximum Gasteiger partial charge on any atom is 0.238 e. The molecule has 0 saturated carbocycles. The standard InChI is InChI=1S/C8H16INO3S/c1-7(14(2,12)13)8(11)10-6-4-3-5-9/h7H,3-6H2,1-2H3,(H,10,11). The Morgan fingerprint density at radius 2 is 2.00 bits per heavy atom. The highest BCUT2D eigenvalue weighted by Gasteiger charge is 2.22. The Morgan fingerprint density at radius 1 is 1.43 bits per heavy atom. The average molecular weight is 333 g/mol. The first kappa shape index (κ1) is 14.2. The molecule has 1 unspecified atom stereocenters. The Bertz CT molecular complexity index is 276. The Morgan fingerprint density at radius 3 is 2.43 bits per heavy atom. The van der Waals surface area contributed by atoms with Gasteiger partial charge in [-0.25, -0.2) is 8.42 Å². The van der Waals surface area contributed by atoms with Crippen molar-refractivity contribution in [1.29, 1.82) is 0 Å². The Kier molecular flexibility index (Phi) is 6.67. The Labute approximate surface area is 98.9 Å². The number of hydrogen-bond donors (Lipinski definition) is 1. The fourth-order valence-electron chi connectivity index (χ4n) is 0.769. The molecule has 84 valence electrons. The minimum Gasteiger partial charge on any atom is -0.355 e. The number of amides is 1. The summed E-state index contributed by atoms with van der Waals surface area (Å²) >= 11 is 2.26. The number of rotatable bonds is 6. The molecule has 0 aromatic carbocycles. The summed E-state index contributed by atoms with van der Waals surface area (Å²) in [6.45, 7) is 1.96. The van der Waals surface area contributed by atoms with E-state index >= 15 is 0 Å². The van der Waals surface area contributed by atoms with Crippen molar-refractivity contribution in [1.82, 2.24) is 5.32 Å². The molecule has 0 fully saturated rings. The van der Waals surface area contributed by atoms with Crippen molar-refractivity contribution >= 4 is 38.3 Å². The first-order valence-electron chi connectivity index (χ1n) is 4.42. The van der Waals surface area contributed by atoms with E-state index in [0.29, 0.717) is 6.54 Å². The van der Waals surface area contributed by atoms with Gasteiger partial charge in [0.15, 0.2) is 9.84 Å². The number of carbonyl (C=O) groups is 1. The van der Waals surface area contributed by atoms with Crippen LogP contribution in [0.15, 0.2) is 0 Å². The van der Waals surface area contributed by atoms with Crippen molar-refractivity contribution in [2.75, 3.05) is 17.2 Å². The van der Waals surface area contributed by atoms with Gasteiger partial charge in [0.25, 0.3) is 0 Å². The van der Waals surface area contributed by atoms with Gasteiger partial charge < -0.3 is 5.32 Å². The highest BCUT2D eigenvalue weighted by molar-refractivity contribution is 14.1. The minimum absolute atomic E-state index is 0.402. The normalized spacial score (nSPS) is 13.6. The van der Waals surface area contributed by atoms with Gasteiger partial charge in [0, 0.05) is 12.8 Å². The molecule has 0 aliphatic rings. The maximum absolute atomic E-state index is 11.3. The van der Waals surface area contributed by atoms with E-state index in [1.165, 1.54) is 6.92 Å². The van der Waals surface area contributed by atoms with Crippen LogP contribution in [-0.2, 0) is 14.6 Å². The summed E-state index contributed by atoms with van der Waals surface area (Å²) in [6.07, 6.45) is 3.00. The first-order chi connectivity index (χ1) is 6.39. The molecule has 0 aliphatic carbocycles. The lowest BCUT2D eigenvalue weighted by Gasteiger charge is -2.09. The summed E-state index contributed by atoms with van der Waals surface area (Å²) in [5, 5.41) is 1.66. The number of halogens is 1. The monoisotopic (exact) mass is 333 g/mol. The van der Waals surface area contributed by atoms with E-state index in [1.54, 1.807) is 0 Å². The van der Waals surface area contributed by atoms with Crippen LogP contribution >= 0.6 is 22.6 Å². The van der Waals surface area contributed by atoms with Crippen LogP contribution in [0, 0.1) is 0 Å². The van der Waals surface area contributed by atoms with Crippen LogP contribution < -0.4 is 5.32 Å². The van der Waals surface area contributed by atoms with Gasteiger partial charge in [-0.1, -0.05) is 22.6 Å². The van der Waals surface area contributed by atoms with Crippen molar-refractivity contribution in [3.63, 3.8) is 0 Å². The molecule has 0 spiro atoms. The number of nitrogens with one attached hydrogen (secondary N) is 1. The van der Waals surface area contributed by atoms with E-state index in [9.17, 15) is 13.2 Å². The molecular weight excluding hydrogens is 317 g/mol. The van der Waals surface area contributed by atoms with Gasteiger partial charge in [-0.15, -0.1) is 0 Å². The molecule has 0 aliphatic heterocycles. The van der Waals surface area contributed by atoms with Gasteiger partial charge in [0.05, 0.1) is 0 Å².